The van der Waals surface area contributed by atoms with E-state index in [1.807, 2.05) is 18.2 Å². The van der Waals surface area contributed by atoms with Crippen LogP contribution < -0.4 is 5.32 Å². The highest BCUT2D eigenvalue weighted by atomic mass is 35.5. The molecule has 0 aromatic heterocycles. The second kappa shape index (κ2) is 5.39. The topological polar surface area (TPSA) is 12.0 Å². The zero-order valence-electron chi connectivity index (χ0n) is 9.47. The zero-order chi connectivity index (χ0) is 11.5. The van der Waals surface area contributed by atoms with E-state index in [0.717, 1.165) is 34.5 Å². The van der Waals surface area contributed by atoms with Crippen molar-refractivity contribution in [1.82, 2.24) is 5.32 Å². The highest BCUT2D eigenvalue weighted by molar-refractivity contribution is 6.35. The fraction of sp³-hybridized carbons (Fsp3) is 0.538. The minimum absolute atomic E-state index is 0.429. The van der Waals surface area contributed by atoms with E-state index in [9.17, 15) is 0 Å². The Morgan fingerprint density at radius 2 is 1.94 bits per heavy atom. The molecule has 0 heterocycles. The van der Waals surface area contributed by atoms with E-state index in [0.29, 0.717) is 6.04 Å². The average molecular weight is 258 g/mol. The van der Waals surface area contributed by atoms with Gasteiger partial charge in [-0.1, -0.05) is 29.3 Å². The first-order chi connectivity index (χ1) is 7.66. The predicted molar refractivity (Wildman–Crippen MR) is 70.4 cm³/mol. The maximum absolute atomic E-state index is 6.14. The average Bonchev–Trinajstić information content (AvgIpc) is 3.04. The van der Waals surface area contributed by atoms with Crippen molar-refractivity contribution in [3.05, 3.63) is 33.8 Å². The van der Waals surface area contributed by atoms with E-state index in [4.69, 9.17) is 23.2 Å². The first kappa shape index (κ1) is 12.2. The summed E-state index contributed by atoms with van der Waals surface area (Å²) < 4.78 is 0. The Morgan fingerprint density at radius 1 is 1.31 bits per heavy atom. The van der Waals surface area contributed by atoms with Crippen molar-refractivity contribution in [2.24, 2.45) is 5.92 Å². The van der Waals surface area contributed by atoms with E-state index in [-0.39, 0.29) is 0 Å². The van der Waals surface area contributed by atoms with Crippen molar-refractivity contribution >= 4 is 23.2 Å². The second-order valence-electron chi connectivity index (χ2n) is 4.66. The van der Waals surface area contributed by atoms with E-state index in [2.05, 4.69) is 12.2 Å². The van der Waals surface area contributed by atoms with E-state index >= 15 is 0 Å². The molecule has 0 saturated heterocycles. The maximum atomic E-state index is 6.14. The maximum Gasteiger partial charge on any atom is 0.0453 e. The molecule has 0 amide bonds. The van der Waals surface area contributed by atoms with Gasteiger partial charge in [0.1, 0.15) is 0 Å². The molecule has 0 radical (unpaired) electrons. The monoisotopic (exact) mass is 257 g/mol. The summed E-state index contributed by atoms with van der Waals surface area (Å²) in [6.45, 7) is 3.31. The molecule has 1 aliphatic rings. The molecule has 2 rings (SSSR count). The number of hydrogen-bond acceptors (Lipinski definition) is 1. The summed E-state index contributed by atoms with van der Waals surface area (Å²) in [7, 11) is 0. The summed E-state index contributed by atoms with van der Waals surface area (Å²) in [6.07, 6.45) is 3.66. The Bertz CT molecular complexity index is 341. The van der Waals surface area contributed by atoms with Crippen LogP contribution in [0.15, 0.2) is 18.2 Å². The van der Waals surface area contributed by atoms with Crippen LogP contribution >= 0.6 is 23.2 Å². The third-order valence-corrected chi connectivity index (χ3v) is 3.73. The third-order valence-electron chi connectivity index (χ3n) is 3.02. The van der Waals surface area contributed by atoms with Crippen LogP contribution in [0.4, 0.5) is 0 Å². The Morgan fingerprint density at radius 3 is 2.50 bits per heavy atom. The first-order valence-corrected chi connectivity index (χ1v) is 6.58. The summed E-state index contributed by atoms with van der Waals surface area (Å²) >= 11 is 12.3. The van der Waals surface area contributed by atoms with Gasteiger partial charge in [0.2, 0.25) is 0 Å². The fourth-order valence-corrected chi connectivity index (χ4v) is 2.35. The molecule has 1 nitrogen and oxygen atoms in total. The van der Waals surface area contributed by atoms with Crippen molar-refractivity contribution < 1.29 is 0 Å². The molecule has 1 unspecified atom stereocenters. The minimum atomic E-state index is 0.429. The van der Waals surface area contributed by atoms with E-state index < -0.39 is 0 Å². The Balaban J connectivity index is 1.91. The van der Waals surface area contributed by atoms with Gasteiger partial charge in [-0.05, 0) is 56.3 Å². The number of benzene rings is 1. The third kappa shape index (κ3) is 3.38. The number of nitrogens with one attached hydrogen (secondary N) is 1. The molecule has 1 aromatic rings. The van der Waals surface area contributed by atoms with Gasteiger partial charge in [0, 0.05) is 16.1 Å². The second-order valence-corrected chi connectivity index (χ2v) is 5.47. The largest absolute Gasteiger partial charge is 0.314 e. The van der Waals surface area contributed by atoms with Crippen molar-refractivity contribution in [2.45, 2.75) is 32.2 Å². The first-order valence-electron chi connectivity index (χ1n) is 5.83. The quantitative estimate of drug-likeness (QED) is 0.843. The molecule has 1 aliphatic carbocycles. The van der Waals surface area contributed by atoms with Gasteiger partial charge in [-0.2, -0.15) is 0 Å². The van der Waals surface area contributed by atoms with Crippen molar-refractivity contribution in [1.29, 1.82) is 0 Å². The van der Waals surface area contributed by atoms with Crippen LogP contribution in [-0.4, -0.2) is 12.6 Å². The highest BCUT2D eigenvalue weighted by Crippen LogP contribution is 2.28. The number of rotatable bonds is 5. The molecule has 1 aromatic carbocycles. The summed E-state index contributed by atoms with van der Waals surface area (Å²) in [5.74, 6) is 0.907. The molecular weight excluding hydrogens is 241 g/mol. The molecule has 0 spiro atoms. The standard InChI is InChI=1S/C13H17Cl2N/c1-9(16-8-10-5-6-10)7-11-12(14)3-2-4-13(11)15/h2-4,9-10,16H,5-8H2,1H3. The lowest BCUT2D eigenvalue weighted by atomic mass is 10.1. The smallest absolute Gasteiger partial charge is 0.0453 e. The minimum Gasteiger partial charge on any atom is -0.314 e. The van der Waals surface area contributed by atoms with Gasteiger partial charge in [0.05, 0.1) is 0 Å². The van der Waals surface area contributed by atoms with Crippen LogP contribution in [0.1, 0.15) is 25.3 Å². The van der Waals surface area contributed by atoms with Crippen LogP contribution in [-0.2, 0) is 6.42 Å². The SMILES string of the molecule is CC(Cc1c(Cl)cccc1Cl)NCC1CC1. The van der Waals surface area contributed by atoms with Crippen LogP contribution in [0.3, 0.4) is 0 Å². The van der Waals surface area contributed by atoms with Crippen molar-refractivity contribution in [3.8, 4) is 0 Å². The molecule has 1 fully saturated rings. The summed E-state index contributed by atoms with van der Waals surface area (Å²) in [5.41, 5.74) is 1.06. The van der Waals surface area contributed by atoms with Gasteiger partial charge in [-0.3, -0.25) is 0 Å². The Kier molecular flexibility index (Phi) is 4.12. The van der Waals surface area contributed by atoms with Crippen molar-refractivity contribution in [3.63, 3.8) is 0 Å². The van der Waals surface area contributed by atoms with Gasteiger partial charge in [0.25, 0.3) is 0 Å². The molecular formula is C13H17Cl2N. The number of halogens is 2. The van der Waals surface area contributed by atoms with Crippen LogP contribution in [0.2, 0.25) is 10.0 Å². The summed E-state index contributed by atoms with van der Waals surface area (Å²) in [4.78, 5) is 0. The van der Waals surface area contributed by atoms with Crippen LogP contribution in [0.5, 0.6) is 0 Å². The lowest BCUT2D eigenvalue weighted by Gasteiger charge is -2.15. The van der Waals surface area contributed by atoms with Gasteiger partial charge in [0.15, 0.2) is 0 Å². The predicted octanol–water partition coefficient (Wildman–Crippen LogP) is 3.92. The molecule has 0 aliphatic heterocycles. The van der Waals surface area contributed by atoms with Gasteiger partial charge in [-0.25, -0.2) is 0 Å². The van der Waals surface area contributed by atoms with Crippen LogP contribution in [0.25, 0.3) is 0 Å². The zero-order valence-corrected chi connectivity index (χ0v) is 11.0. The Hall–Kier alpha value is -0.240. The molecule has 0 bridgehead atoms. The fourth-order valence-electron chi connectivity index (χ4n) is 1.80. The summed E-state index contributed by atoms with van der Waals surface area (Å²) in [5, 5.41) is 5.07. The molecule has 16 heavy (non-hydrogen) atoms. The summed E-state index contributed by atoms with van der Waals surface area (Å²) in [6, 6.07) is 6.11. The van der Waals surface area contributed by atoms with Crippen molar-refractivity contribution in [2.75, 3.05) is 6.54 Å². The highest BCUT2D eigenvalue weighted by Gasteiger charge is 2.21. The normalized spacial score (nSPS) is 17.4. The molecule has 88 valence electrons. The lowest BCUT2D eigenvalue weighted by molar-refractivity contribution is 0.526. The Labute approximate surface area is 107 Å². The molecule has 1 N–H and O–H groups in total. The van der Waals surface area contributed by atoms with Crippen LogP contribution in [0, 0.1) is 5.92 Å². The van der Waals surface area contributed by atoms with E-state index in [1.54, 1.807) is 0 Å². The molecule has 1 atom stereocenters. The van der Waals surface area contributed by atoms with Gasteiger partial charge < -0.3 is 5.32 Å². The molecule has 1 saturated carbocycles. The lowest BCUT2D eigenvalue weighted by Crippen LogP contribution is -2.30. The van der Waals surface area contributed by atoms with Gasteiger partial charge >= 0.3 is 0 Å². The van der Waals surface area contributed by atoms with Gasteiger partial charge in [-0.15, -0.1) is 0 Å². The van der Waals surface area contributed by atoms with E-state index in [1.165, 1.54) is 12.8 Å². The number of hydrogen-bond donors (Lipinski definition) is 1. The molecule has 3 heteroatoms.